The van der Waals surface area contributed by atoms with Crippen LogP contribution < -0.4 is 11.2 Å². The number of esters is 3. The quantitative estimate of drug-likeness (QED) is 0.488. The summed E-state index contributed by atoms with van der Waals surface area (Å²) in [7, 11) is 0. The van der Waals surface area contributed by atoms with Crippen molar-refractivity contribution in [3.8, 4) is 0 Å². The summed E-state index contributed by atoms with van der Waals surface area (Å²) in [5.41, 5.74) is -1.35. The first-order valence-corrected chi connectivity index (χ1v) is 8.10. The lowest BCUT2D eigenvalue weighted by molar-refractivity contribution is -0.156. The van der Waals surface area contributed by atoms with Gasteiger partial charge < -0.3 is 18.9 Å². The number of hydrogen-bond acceptors (Lipinski definition) is 9. The summed E-state index contributed by atoms with van der Waals surface area (Å²) in [5, 5.41) is 0. The molecule has 0 spiro atoms. The molecule has 0 radical (unpaired) electrons. The summed E-state index contributed by atoms with van der Waals surface area (Å²) in [6.45, 7) is 3.13. The highest BCUT2D eigenvalue weighted by Crippen LogP contribution is 2.36. The Morgan fingerprint density at radius 1 is 1.07 bits per heavy atom. The minimum atomic E-state index is -1.03. The van der Waals surface area contributed by atoms with Crippen LogP contribution in [0.5, 0.6) is 0 Å². The monoisotopic (exact) mass is 384 g/mol. The molecule has 27 heavy (non-hydrogen) atoms. The molecular formula is C16H20N2O9. The molecule has 0 aliphatic carbocycles. The van der Waals surface area contributed by atoms with Crippen molar-refractivity contribution in [2.24, 2.45) is 5.92 Å². The third kappa shape index (κ3) is 5.26. The van der Waals surface area contributed by atoms with E-state index in [1.165, 1.54) is 27.0 Å². The van der Waals surface area contributed by atoms with E-state index in [1.54, 1.807) is 0 Å². The van der Waals surface area contributed by atoms with Crippen molar-refractivity contribution in [1.29, 1.82) is 0 Å². The van der Waals surface area contributed by atoms with Gasteiger partial charge in [0.25, 0.3) is 5.56 Å². The number of hydrogen-bond donors (Lipinski definition) is 1. The fourth-order valence-electron chi connectivity index (χ4n) is 2.77. The van der Waals surface area contributed by atoms with Gasteiger partial charge in [-0.3, -0.25) is 28.7 Å². The molecule has 1 aliphatic heterocycles. The molecule has 1 fully saturated rings. The van der Waals surface area contributed by atoms with Gasteiger partial charge in [-0.2, -0.15) is 0 Å². The summed E-state index contributed by atoms with van der Waals surface area (Å²) >= 11 is 0. The van der Waals surface area contributed by atoms with Crippen LogP contribution in [0, 0.1) is 5.92 Å². The topological polar surface area (TPSA) is 143 Å². The van der Waals surface area contributed by atoms with Crippen LogP contribution in [0.3, 0.4) is 0 Å². The fraction of sp³-hybridized carbons (Fsp3) is 0.562. The summed E-state index contributed by atoms with van der Waals surface area (Å²) < 4.78 is 22.1. The predicted octanol–water partition coefficient (Wildman–Crippen LogP) is -0.892. The van der Waals surface area contributed by atoms with E-state index in [2.05, 4.69) is 4.98 Å². The van der Waals surface area contributed by atoms with Gasteiger partial charge in [-0.05, 0) is 0 Å². The Morgan fingerprint density at radius 3 is 2.26 bits per heavy atom. The lowest BCUT2D eigenvalue weighted by Crippen LogP contribution is -2.39. The van der Waals surface area contributed by atoms with Gasteiger partial charge in [-0.25, -0.2) is 4.79 Å². The number of ether oxygens (including phenoxy) is 4. The first-order valence-electron chi connectivity index (χ1n) is 8.10. The molecule has 0 amide bonds. The van der Waals surface area contributed by atoms with Gasteiger partial charge in [0.1, 0.15) is 31.6 Å². The molecule has 0 bridgehead atoms. The second kappa shape index (κ2) is 8.62. The van der Waals surface area contributed by atoms with Crippen LogP contribution in [-0.2, 0) is 33.3 Å². The Balaban J connectivity index is 2.39. The number of nitrogens with one attached hydrogen (secondary N) is 1. The summed E-state index contributed by atoms with van der Waals surface area (Å²) in [4.78, 5) is 59.4. The molecule has 1 N–H and O–H groups in total. The van der Waals surface area contributed by atoms with Crippen LogP contribution >= 0.6 is 0 Å². The first kappa shape index (κ1) is 20.4. The van der Waals surface area contributed by atoms with Gasteiger partial charge in [-0.1, -0.05) is 0 Å². The largest absolute Gasteiger partial charge is 0.465 e. The number of nitrogens with zero attached hydrogens (tertiary/aromatic N) is 1. The lowest BCUT2D eigenvalue weighted by Gasteiger charge is -2.23. The first-order chi connectivity index (χ1) is 12.7. The molecule has 0 aromatic carbocycles. The number of H-pyrrole nitrogens is 1. The van der Waals surface area contributed by atoms with Crippen molar-refractivity contribution in [1.82, 2.24) is 9.55 Å². The predicted molar refractivity (Wildman–Crippen MR) is 87.5 cm³/mol. The Labute approximate surface area is 153 Å². The molecule has 11 nitrogen and oxygen atoms in total. The average Bonchev–Trinajstić information content (AvgIpc) is 2.87. The molecule has 0 unspecified atom stereocenters. The highest BCUT2D eigenvalue weighted by Gasteiger charge is 2.49. The van der Waals surface area contributed by atoms with Crippen LogP contribution in [0.1, 0.15) is 27.0 Å². The SMILES string of the molecule is CC(=O)OC[C@H]1[C@H](OC(C)=O)[C@@H](COC(C)=O)O[C@H]1n1ccc(=O)[nH]c1=O. The molecule has 1 aromatic heterocycles. The Morgan fingerprint density at radius 2 is 1.70 bits per heavy atom. The van der Waals surface area contributed by atoms with E-state index in [4.69, 9.17) is 18.9 Å². The standard InChI is InChI=1S/C16H20N2O9/c1-8(19)24-6-11-14(26-10(3)21)12(7-25-9(2)20)27-15(11)18-5-4-13(22)17-16(18)23/h4-5,11-12,14-15H,6-7H2,1-3H3,(H,17,22,23)/t11-,12+,14-,15+/m0/s1. The van der Waals surface area contributed by atoms with Crippen molar-refractivity contribution in [3.05, 3.63) is 33.1 Å². The number of aromatic amines is 1. The maximum Gasteiger partial charge on any atom is 0.330 e. The Kier molecular flexibility index (Phi) is 6.50. The molecule has 1 aliphatic rings. The summed E-state index contributed by atoms with van der Waals surface area (Å²) in [6.07, 6.45) is -1.67. The molecule has 2 rings (SSSR count). The second-order valence-corrected chi connectivity index (χ2v) is 5.93. The normalized spacial score (nSPS) is 24.3. The minimum Gasteiger partial charge on any atom is -0.465 e. The highest BCUT2D eigenvalue weighted by atomic mass is 16.6. The second-order valence-electron chi connectivity index (χ2n) is 5.93. The van der Waals surface area contributed by atoms with Crippen LogP contribution in [0.15, 0.2) is 21.9 Å². The third-order valence-electron chi connectivity index (χ3n) is 3.83. The van der Waals surface area contributed by atoms with Crippen molar-refractivity contribution < 1.29 is 33.3 Å². The summed E-state index contributed by atoms with van der Waals surface area (Å²) in [5.74, 6) is -2.55. The zero-order chi connectivity index (χ0) is 20.1. The average molecular weight is 384 g/mol. The number of rotatable bonds is 6. The smallest absolute Gasteiger partial charge is 0.330 e. The molecule has 0 saturated carbocycles. The van der Waals surface area contributed by atoms with E-state index in [9.17, 15) is 24.0 Å². The fourth-order valence-corrected chi connectivity index (χ4v) is 2.77. The van der Waals surface area contributed by atoms with Gasteiger partial charge in [0.15, 0.2) is 0 Å². The zero-order valence-electron chi connectivity index (χ0n) is 15.0. The molecule has 148 valence electrons. The lowest BCUT2D eigenvalue weighted by atomic mass is 10.00. The van der Waals surface area contributed by atoms with Crippen LogP contribution in [0.4, 0.5) is 0 Å². The van der Waals surface area contributed by atoms with Gasteiger partial charge in [0.2, 0.25) is 0 Å². The highest BCUT2D eigenvalue weighted by molar-refractivity contribution is 5.67. The molecule has 1 saturated heterocycles. The van der Waals surface area contributed by atoms with Crippen molar-refractivity contribution in [2.75, 3.05) is 13.2 Å². The summed E-state index contributed by atoms with van der Waals surface area (Å²) in [6, 6.07) is 1.12. The van der Waals surface area contributed by atoms with Gasteiger partial charge in [0.05, 0.1) is 5.92 Å². The minimum absolute atomic E-state index is 0.222. The van der Waals surface area contributed by atoms with Crippen molar-refractivity contribution in [2.45, 2.75) is 39.2 Å². The maximum atomic E-state index is 12.1. The van der Waals surface area contributed by atoms with E-state index in [-0.39, 0.29) is 13.2 Å². The van der Waals surface area contributed by atoms with Gasteiger partial charge in [0, 0.05) is 33.0 Å². The molecule has 4 atom stereocenters. The van der Waals surface area contributed by atoms with Gasteiger partial charge >= 0.3 is 23.6 Å². The third-order valence-corrected chi connectivity index (χ3v) is 3.83. The van der Waals surface area contributed by atoms with E-state index in [0.29, 0.717) is 0 Å². The molecule has 2 heterocycles. The Bertz CT molecular complexity index is 828. The van der Waals surface area contributed by atoms with E-state index < -0.39 is 53.5 Å². The van der Waals surface area contributed by atoms with E-state index >= 15 is 0 Å². The zero-order valence-corrected chi connectivity index (χ0v) is 15.0. The molecule has 1 aromatic rings. The van der Waals surface area contributed by atoms with Gasteiger partial charge in [-0.15, -0.1) is 0 Å². The van der Waals surface area contributed by atoms with Crippen LogP contribution in [0.2, 0.25) is 0 Å². The van der Waals surface area contributed by atoms with Crippen LogP contribution in [-0.4, -0.2) is 52.9 Å². The number of carbonyl (C=O) groups excluding carboxylic acids is 3. The van der Waals surface area contributed by atoms with E-state index in [0.717, 1.165) is 10.6 Å². The maximum absolute atomic E-state index is 12.1. The van der Waals surface area contributed by atoms with Crippen LogP contribution in [0.25, 0.3) is 0 Å². The number of carbonyl (C=O) groups is 3. The Hall–Kier alpha value is -2.95. The van der Waals surface area contributed by atoms with Crippen molar-refractivity contribution in [3.63, 3.8) is 0 Å². The molecule has 11 heteroatoms. The molecular weight excluding hydrogens is 364 g/mol. The van der Waals surface area contributed by atoms with Crippen molar-refractivity contribution >= 4 is 17.9 Å². The number of aromatic nitrogens is 2. The van der Waals surface area contributed by atoms with E-state index in [1.807, 2.05) is 0 Å².